The minimum atomic E-state index is -0.780. The standard InChI is InChI=1S/C10H20N2O3/c1-3-11-9(10(13)14)7-12-5-4-8(6-12)15-2/h8-9,11H,3-7H2,1-2H3,(H,13,14). The van der Waals surface area contributed by atoms with Gasteiger partial charge in [-0.3, -0.25) is 9.69 Å². The molecule has 1 rings (SSSR count). The number of likely N-dealkylation sites (N-methyl/N-ethyl adjacent to an activating group) is 1. The van der Waals surface area contributed by atoms with Crippen LogP contribution < -0.4 is 5.32 Å². The molecule has 5 nitrogen and oxygen atoms in total. The molecule has 1 saturated heterocycles. The van der Waals surface area contributed by atoms with Crippen molar-refractivity contribution >= 4 is 5.97 Å². The Kier molecular flexibility index (Phi) is 5.01. The highest BCUT2D eigenvalue weighted by molar-refractivity contribution is 5.73. The molecule has 88 valence electrons. The minimum absolute atomic E-state index is 0.265. The molecule has 1 heterocycles. The van der Waals surface area contributed by atoms with Gasteiger partial charge in [-0.2, -0.15) is 0 Å². The van der Waals surface area contributed by atoms with E-state index in [9.17, 15) is 4.79 Å². The number of hydrogen-bond acceptors (Lipinski definition) is 4. The second-order valence-corrected chi connectivity index (χ2v) is 3.85. The van der Waals surface area contributed by atoms with Crippen LogP contribution in [0.5, 0.6) is 0 Å². The van der Waals surface area contributed by atoms with Gasteiger partial charge in [0.05, 0.1) is 6.10 Å². The SMILES string of the molecule is CCNC(CN1CCC(OC)C1)C(=O)O. The van der Waals surface area contributed by atoms with E-state index in [1.165, 1.54) is 0 Å². The van der Waals surface area contributed by atoms with Crippen LogP contribution in [0.3, 0.4) is 0 Å². The van der Waals surface area contributed by atoms with E-state index in [1.54, 1.807) is 7.11 Å². The van der Waals surface area contributed by atoms with Crippen LogP contribution in [0.25, 0.3) is 0 Å². The largest absolute Gasteiger partial charge is 0.480 e. The number of carboxylic acids is 1. The summed E-state index contributed by atoms with van der Waals surface area (Å²) < 4.78 is 5.23. The first-order valence-corrected chi connectivity index (χ1v) is 5.38. The van der Waals surface area contributed by atoms with Gasteiger partial charge in [0.15, 0.2) is 0 Å². The second kappa shape index (κ2) is 6.05. The van der Waals surface area contributed by atoms with Crippen molar-refractivity contribution < 1.29 is 14.6 Å². The zero-order valence-corrected chi connectivity index (χ0v) is 9.40. The number of aliphatic carboxylic acids is 1. The molecule has 0 aromatic rings. The molecule has 2 unspecified atom stereocenters. The summed E-state index contributed by atoms with van der Waals surface area (Å²) in [6.45, 7) is 4.92. The highest BCUT2D eigenvalue weighted by Crippen LogP contribution is 2.11. The molecule has 0 aliphatic carbocycles. The van der Waals surface area contributed by atoms with Gasteiger partial charge in [-0.25, -0.2) is 0 Å². The topological polar surface area (TPSA) is 61.8 Å². The molecule has 1 fully saturated rings. The Morgan fingerprint density at radius 3 is 2.93 bits per heavy atom. The van der Waals surface area contributed by atoms with Gasteiger partial charge < -0.3 is 15.2 Å². The molecule has 1 aliphatic heterocycles. The molecule has 0 aromatic heterocycles. The van der Waals surface area contributed by atoms with E-state index < -0.39 is 12.0 Å². The van der Waals surface area contributed by atoms with Gasteiger partial charge in [-0.05, 0) is 13.0 Å². The summed E-state index contributed by atoms with van der Waals surface area (Å²) in [7, 11) is 1.70. The summed E-state index contributed by atoms with van der Waals surface area (Å²) in [5.41, 5.74) is 0. The first-order chi connectivity index (χ1) is 7.17. The molecular formula is C10H20N2O3. The summed E-state index contributed by atoms with van der Waals surface area (Å²) in [6, 6.07) is -0.467. The number of carbonyl (C=O) groups is 1. The summed E-state index contributed by atoms with van der Waals surface area (Å²) >= 11 is 0. The van der Waals surface area contributed by atoms with Gasteiger partial charge in [0.1, 0.15) is 6.04 Å². The van der Waals surface area contributed by atoms with Crippen molar-refractivity contribution in [1.29, 1.82) is 0 Å². The molecule has 0 amide bonds. The fourth-order valence-corrected chi connectivity index (χ4v) is 1.89. The number of rotatable bonds is 6. The van der Waals surface area contributed by atoms with Gasteiger partial charge in [-0.15, -0.1) is 0 Å². The van der Waals surface area contributed by atoms with E-state index in [1.807, 2.05) is 6.92 Å². The van der Waals surface area contributed by atoms with E-state index in [-0.39, 0.29) is 6.10 Å². The molecule has 2 N–H and O–H groups in total. The summed E-state index contributed by atoms with van der Waals surface area (Å²) in [6.07, 6.45) is 1.26. The zero-order valence-electron chi connectivity index (χ0n) is 9.40. The van der Waals surface area contributed by atoms with Crippen LogP contribution in [0.4, 0.5) is 0 Å². The fraction of sp³-hybridized carbons (Fsp3) is 0.900. The van der Waals surface area contributed by atoms with Crippen molar-refractivity contribution in [2.75, 3.05) is 33.3 Å². The van der Waals surface area contributed by atoms with Crippen LogP contribution in [-0.2, 0) is 9.53 Å². The first-order valence-electron chi connectivity index (χ1n) is 5.38. The lowest BCUT2D eigenvalue weighted by Crippen LogP contribution is -2.45. The fourth-order valence-electron chi connectivity index (χ4n) is 1.89. The third-order valence-electron chi connectivity index (χ3n) is 2.75. The van der Waals surface area contributed by atoms with Crippen LogP contribution in [0.1, 0.15) is 13.3 Å². The third-order valence-corrected chi connectivity index (χ3v) is 2.75. The van der Waals surface area contributed by atoms with Crippen LogP contribution in [0.15, 0.2) is 0 Å². The molecule has 1 aliphatic rings. The monoisotopic (exact) mass is 216 g/mol. The van der Waals surface area contributed by atoms with Gasteiger partial charge in [-0.1, -0.05) is 6.92 Å². The molecule has 0 spiro atoms. The molecule has 0 bridgehead atoms. The lowest BCUT2D eigenvalue weighted by molar-refractivity contribution is -0.139. The van der Waals surface area contributed by atoms with Crippen molar-refractivity contribution in [3.63, 3.8) is 0 Å². The van der Waals surface area contributed by atoms with Crippen molar-refractivity contribution in [1.82, 2.24) is 10.2 Å². The Morgan fingerprint density at radius 1 is 1.73 bits per heavy atom. The van der Waals surface area contributed by atoms with Crippen LogP contribution in [0.2, 0.25) is 0 Å². The van der Waals surface area contributed by atoms with Gasteiger partial charge in [0, 0.05) is 26.7 Å². The maximum absolute atomic E-state index is 10.9. The van der Waals surface area contributed by atoms with Crippen molar-refractivity contribution in [3.05, 3.63) is 0 Å². The maximum Gasteiger partial charge on any atom is 0.322 e. The molecular weight excluding hydrogens is 196 g/mol. The Labute approximate surface area is 90.4 Å². The predicted octanol–water partition coefficient (Wildman–Crippen LogP) is -0.230. The molecule has 2 atom stereocenters. The van der Waals surface area contributed by atoms with Gasteiger partial charge in [0.25, 0.3) is 0 Å². The molecule has 15 heavy (non-hydrogen) atoms. The Bertz CT molecular complexity index is 211. The summed E-state index contributed by atoms with van der Waals surface area (Å²) in [5.74, 6) is -0.780. The number of methoxy groups -OCH3 is 1. The smallest absolute Gasteiger partial charge is 0.322 e. The summed E-state index contributed by atoms with van der Waals surface area (Å²) in [4.78, 5) is 13.0. The first kappa shape index (κ1) is 12.4. The van der Waals surface area contributed by atoms with Crippen LogP contribution in [0, 0.1) is 0 Å². The minimum Gasteiger partial charge on any atom is -0.480 e. The summed E-state index contributed by atoms with van der Waals surface area (Å²) in [5, 5.41) is 11.9. The van der Waals surface area contributed by atoms with Crippen LogP contribution >= 0.6 is 0 Å². The quantitative estimate of drug-likeness (QED) is 0.642. The average molecular weight is 216 g/mol. The van der Waals surface area contributed by atoms with Crippen molar-refractivity contribution in [2.24, 2.45) is 0 Å². The third kappa shape index (κ3) is 3.77. The van der Waals surface area contributed by atoms with E-state index in [2.05, 4.69) is 10.2 Å². The number of likely N-dealkylation sites (tertiary alicyclic amines) is 1. The highest BCUT2D eigenvalue weighted by atomic mass is 16.5. The highest BCUT2D eigenvalue weighted by Gasteiger charge is 2.26. The van der Waals surface area contributed by atoms with E-state index in [0.717, 1.165) is 19.5 Å². The van der Waals surface area contributed by atoms with E-state index in [4.69, 9.17) is 9.84 Å². The number of hydrogen-bond donors (Lipinski definition) is 2. The number of nitrogens with zero attached hydrogens (tertiary/aromatic N) is 1. The van der Waals surface area contributed by atoms with Crippen molar-refractivity contribution in [3.8, 4) is 0 Å². The van der Waals surface area contributed by atoms with Gasteiger partial charge in [0.2, 0.25) is 0 Å². The normalized spacial score (nSPS) is 24.3. The predicted molar refractivity (Wildman–Crippen MR) is 57.0 cm³/mol. The molecule has 0 aromatic carbocycles. The maximum atomic E-state index is 10.9. The molecule has 0 radical (unpaired) electrons. The van der Waals surface area contributed by atoms with Crippen molar-refractivity contribution in [2.45, 2.75) is 25.5 Å². The van der Waals surface area contributed by atoms with Crippen LogP contribution in [-0.4, -0.2) is 61.4 Å². The number of carboxylic acid groups (broad SMARTS) is 1. The second-order valence-electron chi connectivity index (χ2n) is 3.85. The van der Waals surface area contributed by atoms with Gasteiger partial charge >= 0.3 is 5.97 Å². The lowest BCUT2D eigenvalue weighted by Gasteiger charge is -2.21. The van der Waals surface area contributed by atoms with E-state index >= 15 is 0 Å². The Hall–Kier alpha value is -0.650. The zero-order chi connectivity index (χ0) is 11.3. The number of ether oxygens (including phenoxy) is 1. The van der Waals surface area contributed by atoms with E-state index in [0.29, 0.717) is 13.1 Å². The average Bonchev–Trinajstić information content (AvgIpc) is 2.65. The number of nitrogens with one attached hydrogen (secondary N) is 1. The Balaban J connectivity index is 2.35. The molecule has 0 saturated carbocycles. The lowest BCUT2D eigenvalue weighted by atomic mass is 10.3. The molecule has 5 heteroatoms. The Morgan fingerprint density at radius 2 is 2.47 bits per heavy atom.